The van der Waals surface area contributed by atoms with Crippen molar-refractivity contribution in [2.24, 2.45) is 0 Å². The van der Waals surface area contributed by atoms with E-state index in [0.717, 1.165) is 16.8 Å². The van der Waals surface area contributed by atoms with Crippen molar-refractivity contribution in [1.82, 2.24) is 0 Å². The van der Waals surface area contributed by atoms with E-state index in [1.54, 1.807) is 18.5 Å². The van der Waals surface area contributed by atoms with E-state index in [1.165, 1.54) is 0 Å². The topological polar surface area (TPSA) is 18.5 Å². The van der Waals surface area contributed by atoms with Gasteiger partial charge in [0.25, 0.3) is 0 Å². The molecule has 1 rings (SSSR count). The summed E-state index contributed by atoms with van der Waals surface area (Å²) in [7, 11) is 1.66. The Balaban J connectivity index is 2.96. The van der Waals surface area contributed by atoms with Crippen molar-refractivity contribution in [2.75, 3.05) is 19.5 Å². The average molecular weight is 276 g/mol. The van der Waals surface area contributed by atoms with Crippen molar-refractivity contribution < 1.29 is 9.26 Å². The maximum Gasteiger partial charge on any atom is 0.148 e. The third-order valence-corrected chi connectivity index (χ3v) is 8.75. The monoisotopic (exact) mass is 276 g/mol. The highest BCUT2D eigenvalue weighted by Gasteiger charge is 2.19. The Kier molecular flexibility index (Phi) is 5.84. The van der Waals surface area contributed by atoms with Crippen LogP contribution >= 0.6 is 16.8 Å². The molecule has 0 saturated carbocycles. The summed E-state index contributed by atoms with van der Waals surface area (Å²) in [5.74, 6) is 1.83. The molecule has 0 fully saturated rings. The van der Waals surface area contributed by atoms with Gasteiger partial charge in [-0.05, 0) is 36.9 Å². The summed E-state index contributed by atoms with van der Waals surface area (Å²) in [5.41, 5.74) is -1.91. The van der Waals surface area contributed by atoms with Gasteiger partial charge < -0.3 is 9.26 Å². The Bertz CT molecular complexity index is 355. The summed E-state index contributed by atoms with van der Waals surface area (Å²) in [5, 5.41) is 1.11. The van der Waals surface area contributed by atoms with Gasteiger partial charge in [0, 0.05) is 5.30 Å². The summed E-state index contributed by atoms with van der Waals surface area (Å²) in [6, 6.07) is 7.90. The molecule has 0 radical (unpaired) electrons. The van der Waals surface area contributed by atoms with Crippen molar-refractivity contribution >= 4 is 34.0 Å². The molecule has 0 amide bonds. The third-order valence-electron chi connectivity index (χ3n) is 1.99. The second-order valence-electron chi connectivity index (χ2n) is 3.03. The fraction of sp³-hybridized carbons (Fsp3) is 0.455. The first-order valence-electron chi connectivity index (χ1n) is 5.20. The van der Waals surface area contributed by atoms with E-state index in [4.69, 9.17) is 21.1 Å². The maximum atomic E-state index is 5.78. The molecule has 0 aliphatic rings. The first-order chi connectivity index (χ1) is 7.66. The van der Waals surface area contributed by atoms with Gasteiger partial charge in [0.1, 0.15) is 11.2 Å². The molecular formula is C11H17O2PS2. The number of methoxy groups -OCH3 is 1. The van der Waals surface area contributed by atoms with E-state index in [0.29, 0.717) is 6.61 Å². The molecule has 90 valence electrons. The molecule has 0 N–H and O–H groups in total. The van der Waals surface area contributed by atoms with E-state index >= 15 is 0 Å². The largest absolute Gasteiger partial charge is 0.497 e. The number of benzene rings is 1. The molecule has 1 aromatic rings. The highest BCUT2D eigenvalue weighted by atomic mass is 32.9. The van der Waals surface area contributed by atoms with Gasteiger partial charge in [-0.2, -0.15) is 0 Å². The predicted octanol–water partition coefficient (Wildman–Crippen LogP) is 3.42. The van der Waals surface area contributed by atoms with E-state index in [2.05, 4.69) is 6.92 Å². The summed E-state index contributed by atoms with van der Waals surface area (Å²) < 4.78 is 10.9. The van der Waals surface area contributed by atoms with Crippen molar-refractivity contribution in [3.05, 3.63) is 24.3 Å². The van der Waals surface area contributed by atoms with Crippen LogP contribution in [-0.4, -0.2) is 19.5 Å². The van der Waals surface area contributed by atoms with Crippen LogP contribution in [0.4, 0.5) is 0 Å². The lowest BCUT2D eigenvalue weighted by molar-refractivity contribution is 0.390. The highest BCUT2D eigenvalue weighted by Crippen LogP contribution is 2.58. The first kappa shape index (κ1) is 14.0. The summed E-state index contributed by atoms with van der Waals surface area (Å²) >= 11 is 7.39. The predicted molar refractivity (Wildman–Crippen MR) is 76.7 cm³/mol. The Morgan fingerprint density at radius 3 is 2.31 bits per heavy atom. The summed E-state index contributed by atoms with van der Waals surface area (Å²) in [6.45, 7) is 4.76. The van der Waals surface area contributed by atoms with Crippen molar-refractivity contribution in [3.8, 4) is 5.75 Å². The lowest BCUT2D eigenvalue weighted by Crippen LogP contribution is -2.05. The molecule has 0 saturated heterocycles. The van der Waals surface area contributed by atoms with Gasteiger partial charge in [-0.15, -0.1) is 0 Å². The van der Waals surface area contributed by atoms with Crippen LogP contribution < -0.4 is 10.0 Å². The third kappa shape index (κ3) is 3.49. The van der Waals surface area contributed by atoms with Crippen LogP contribution in [0.15, 0.2) is 24.3 Å². The van der Waals surface area contributed by atoms with E-state index in [9.17, 15) is 0 Å². The van der Waals surface area contributed by atoms with Crippen LogP contribution in [0.2, 0.25) is 0 Å². The minimum Gasteiger partial charge on any atom is -0.497 e. The van der Waals surface area contributed by atoms with Gasteiger partial charge in [-0.25, -0.2) is 0 Å². The second kappa shape index (κ2) is 6.65. The Hall–Kier alpha value is -0.0200. The zero-order chi connectivity index (χ0) is 12.0. The Morgan fingerprint density at radius 1 is 1.25 bits per heavy atom. The first-order valence-corrected chi connectivity index (χ1v) is 9.51. The van der Waals surface area contributed by atoms with E-state index < -0.39 is 5.47 Å². The Labute approximate surface area is 107 Å². The zero-order valence-electron chi connectivity index (χ0n) is 9.80. The molecule has 0 spiro atoms. The molecule has 0 aliphatic carbocycles. The fourth-order valence-corrected chi connectivity index (χ4v) is 6.86. The quantitative estimate of drug-likeness (QED) is 0.741. The number of hydrogen-bond acceptors (Lipinski definition) is 4. The van der Waals surface area contributed by atoms with Crippen LogP contribution in [0.3, 0.4) is 0 Å². The molecule has 5 heteroatoms. The van der Waals surface area contributed by atoms with E-state index in [1.807, 2.05) is 31.2 Å². The minimum absolute atomic E-state index is 0.663. The highest BCUT2D eigenvalue weighted by molar-refractivity contribution is 8.71. The average Bonchev–Trinajstić information content (AvgIpc) is 2.30. The zero-order valence-corrected chi connectivity index (χ0v) is 12.3. The molecule has 0 aliphatic heterocycles. The maximum absolute atomic E-state index is 5.78. The Morgan fingerprint density at radius 2 is 1.88 bits per heavy atom. The van der Waals surface area contributed by atoms with Gasteiger partial charge in [0.05, 0.1) is 13.7 Å². The minimum atomic E-state index is -1.91. The van der Waals surface area contributed by atoms with E-state index in [-0.39, 0.29) is 0 Å². The number of hydrogen-bond donors (Lipinski definition) is 0. The van der Waals surface area contributed by atoms with Gasteiger partial charge >= 0.3 is 0 Å². The smallest absolute Gasteiger partial charge is 0.148 e. The number of ether oxygens (including phenoxy) is 1. The molecule has 1 aromatic carbocycles. The van der Waals surface area contributed by atoms with Crippen molar-refractivity contribution in [1.29, 1.82) is 0 Å². The molecule has 1 atom stereocenters. The van der Waals surface area contributed by atoms with Gasteiger partial charge in [0.2, 0.25) is 0 Å². The second-order valence-corrected chi connectivity index (χ2v) is 10.2. The standard InChI is InChI=1S/C11H17O2PS2/c1-4-13-14(15,16-5-2)11-8-6-10(12-3)7-9-11/h6-9H,4-5H2,1-3H3. The van der Waals surface area contributed by atoms with Crippen molar-refractivity contribution in [2.45, 2.75) is 13.8 Å². The molecule has 0 aromatic heterocycles. The SMILES string of the molecule is CCOP(=S)(SCC)c1ccc(OC)cc1. The normalized spacial score (nSPS) is 14.4. The summed E-state index contributed by atoms with van der Waals surface area (Å²) in [6.07, 6.45) is 0. The molecule has 16 heavy (non-hydrogen) atoms. The molecule has 2 nitrogen and oxygen atoms in total. The van der Waals surface area contributed by atoms with Crippen LogP contribution in [-0.2, 0) is 16.3 Å². The summed E-state index contributed by atoms with van der Waals surface area (Å²) in [4.78, 5) is 0. The van der Waals surface area contributed by atoms with Gasteiger partial charge in [-0.1, -0.05) is 30.1 Å². The molecule has 1 unspecified atom stereocenters. The van der Waals surface area contributed by atoms with Crippen LogP contribution in [0, 0.1) is 0 Å². The molecular weight excluding hydrogens is 259 g/mol. The lowest BCUT2D eigenvalue weighted by Gasteiger charge is -2.20. The van der Waals surface area contributed by atoms with Crippen LogP contribution in [0.1, 0.15) is 13.8 Å². The molecule has 0 heterocycles. The van der Waals surface area contributed by atoms with Crippen molar-refractivity contribution in [3.63, 3.8) is 0 Å². The van der Waals surface area contributed by atoms with Crippen LogP contribution in [0.25, 0.3) is 0 Å². The fourth-order valence-electron chi connectivity index (χ4n) is 1.29. The number of rotatable bonds is 6. The van der Waals surface area contributed by atoms with Gasteiger partial charge in [-0.3, -0.25) is 0 Å². The lowest BCUT2D eigenvalue weighted by atomic mass is 10.3. The molecule has 0 bridgehead atoms. The van der Waals surface area contributed by atoms with Crippen LogP contribution in [0.5, 0.6) is 5.75 Å². The van der Waals surface area contributed by atoms with Gasteiger partial charge in [0.15, 0.2) is 0 Å².